The van der Waals surface area contributed by atoms with Crippen molar-refractivity contribution in [3.63, 3.8) is 0 Å². The van der Waals surface area contributed by atoms with Crippen LogP contribution >= 0.6 is 15.9 Å². The van der Waals surface area contributed by atoms with Gasteiger partial charge in [-0.15, -0.1) is 0 Å². The van der Waals surface area contributed by atoms with Crippen LogP contribution in [0, 0.1) is 11.6 Å². The van der Waals surface area contributed by atoms with Gasteiger partial charge in [0.2, 0.25) is 0 Å². The lowest BCUT2D eigenvalue weighted by molar-refractivity contribution is 0.102. The van der Waals surface area contributed by atoms with Crippen LogP contribution in [-0.4, -0.2) is 12.5 Å². The summed E-state index contributed by atoms with van der Waals surface area (Å²) >= 11 is 3.13. The van der Waals surface area contributed by atoms with E-state index in [1.54, 1.807) is 13.0 Å². The molecule has 110 valence electrons. The van der Waals surface area contributed by atoms with E-state index in [0.29, 0.717) is 11.1 Å². The van der Waals surface area contributed by atoms with Gasteiger partial charge in [-0.25, -0.2) is 8.78 Å². The molecule has 3 nitrogen and oxygen atoms in total. The number of carbonyl (C=O) groups is 1. The highest BCUT2D eigenvalue weighted by Gasteiger charge is 2.17. The van der Waals surface area contributed by atoms with Gasteiger partial charge in [0.15, 0.2) is 0 Å². The zero-order chi connectivity index (χ0) is 15.4. The summed E-state index contributed by atoms with van der Waals surface area (Å²) in [6, 6.07) is 7.95. The molecule has 0 aliphatic heterocycles. The molecule has 0 unspecified atom stereocenters. The second-order valence-electron chi connectivity index (χ2n) is 4.12. The van der Waals surface area contributed by atoms with Crippen LogP contribution in [0.4, 0.5) is 14.5 Å². The quantitative estimate of drug-likeness (QED) is 0.883. The minimum absolute atomic E-state index is 0.121. The van der Waals surface area contributed by atoms with Crippen molar-refractivity contribution in [3.05, 3.63) is 58.1 Å². The molecule has 0 radical (unpaired) electrons. The molecule has 1 amide bonds. The van der Waals surface area contributed by atoms with E-state index in [1.165, 1.54) is 24.3 Å². The fraction of sp³-hybridized carbons (Fsp3) is 0.133. The fourth-order valence-corrected chi connectivity index (χ4v) is 2.30. The van der Waals surface area contributed by atoms with Crippen molar-refractivity contribution < 1.29 is 18.3 Å². The van der Waals surface area contributed by atoms with Gasteiger partial charge < -0.3 is 10.1 Å². The summed E-state index contributed by atoms with van der Waals surface area (Å²) in [6.45, 7) is 2.06. The highest BCUT2D eigenvalue weighted by Crippen LogP contribution is 2.27. The molecule has 0 saturated carbocycles. The maximum atomic E-state index is 13.7. The molecule has 6 heteroatoms. The fourth-order valence-electron chi connectivity index (χ4n) is 1.77. The van der Waals surface area contributed by atoms with Crippen LogP contribution in [-0.2, 0) is 0 Å². The monoisotopic (exact) mass is 355 g/mol. The van der Waals surface area contributed by atoms with Crippen molar-refractivity contribution in [1.82, 2.24) is 0 Å². The van der Waals surface area contributed by atoms with E-state index >= 15 is 0 Å². The molecule has 1 N–H and O–H groups in total. The second kappa shape index (κ2) is 6.67. The first-order valence-electron chi connectivity index (χ1n) is 6.20. The zero-order valence-corrected chi connectivity index (χ0v) is 12.7. The third-order valence-electron chi connectivity index (χ3n) is 2.68. The average Bonchev–Trinajstić information content (AvgIpc) is 2.42. The van der Waals surface area contributed by atoms with Gasteiger partial charge in [-0.05, 0) is 47.1 Å². The van der Waals surface area contributed by atoms with Crippen LogP contribution in [0.5, 0.6) is 5.75 Å². The largest absolute Gasteiger partial charge is 0.492 e. The highest BCUT2D eigenvalue weighted by atomic mass is 79.9. The Bertz CT molecular complexity index is 656. The van der Waals surface area contributed by atoms with E-state index in [0.717, 1.165) is 6.07 Å². The standard InChI is InChI=1S/C15H12BrF2NO2/c1-2-21-13-8-9(17)6-7-12(13)19-15(20)14-10(16)4-3-5-11(14)18/h3-8H,2H2,1H3,(H,19,20). The number of hydrogen-bond donors (Lipinski definition) is 1. The van der Waals surface area contributed by atoms with Gasteiger partial charge in [-0.3, -0.25) is 4.79 Å². The summed E-state index contributed by atoms with van der Waals surface area (Å²) in [5, 5.41) is 2.52. The summed E-state index contributed by atoms with van der Waals surface area (Å²) in [5.74, 6) is -1.59. The molecule has 2 aromatic carbocycles. The zero-order valence-electron chi connectivity index (χ0n) is 11.1. The van der Waals surface area contributed by atoms with Gasteiger partial charge in [0, 0.05) is 10.5 Å². The minimum Gasteiger partial charge on any atom is -0.492 e. The molecule has 0 bridgehead atoms. The predicted octanol–water partition coefficient (Wildman–Crippen LogP) is 4.38. The molecule has 0 atom stereocenters. The second-order valence-corrected chi connectivity index (χ2v) is 4.98. The first kappa shape index (κ1) is 15.4. The Morgan fingerprint density at radius 3 is 2.71 bits per heavy atom. The van der Waals surface area contributed by atoms with E-state index < -0.39 is 17.5 Å². The predicted molar refractivity (Wildman–Crippen MR) is 79.6 cm³/mol. The molecule has 0 aliphatic rings. The van der Waals surface area contributed by atoms with Gasteiger partial charge in [-0.1, -0.05) is 6.07 Å². The van der Waals surface area contributed by atoms with E-state index in [1.807, 2.05) is 0 Å². The minimum atomic E-state index is -0.651. The van der Waals surface area contributed by atoms with E-state index in [9.17, 15) is 13.6 Å². The Morgan fingerprint density at radius 2 is 2.05 bits per heavy atom. The van der Waals surface area contributed by atoms with E-state index in [2.05, 4.69) is 21.2 Å². The Hall–Kier alpha value is -1.95. The number of anilines is 1. The van der Waals surface area contributed by atoms with Gasteiger partial charge in [0.1, 0.15) is 17.4 Å². The average molecular weight is 356 g/mol. The first-order valence-corrected chi connectivity index (χ1v) is 7.00. The summed E-state index contributed by atoms with van der Waals surface area (Å²) in [7, 11) is 0. The van der Waals surface area contributed by atoms with Crippen molar-refractivity contribution in [1.29, 1.82) is 0 Å². The lowest BCUT2D eigenvalue weighted by Gasteiger charge is -2.12. The maximum absolute atomic E-state index is 13.7. The lowest BCUT2D eigenvalue weighted by Crippen LogP contribution is -2.15. The SMILES string of the molecule is CCOc1cc(F)ccc1NC(=O)c1c(F)cccc1Br. The molecule has 0 aliphatic carbocycles. The van der Waals surface area contributed by atoms with Gasteiger partial charge in [0.25, 0.3) is 5.91 Å². The number of ether oxygens (including phenoxy) is 1. The Labute approximate surface area is 129 Å². The molecule has 0 heterocycles. The number of rotatable bonds is 4. The summed E-state index contributed by atoms with van der Waals surface area (Å²) in [4.78, 5) is 12.2. The van der Waals surface area contributed by atoms with Gasteiger partial charge in [-0.2, -0.15) is 0 Å². The molecular weight excluding hydrogens is 344 g/mol. The first-order chi connectivity index (χ1) is 10.0. The number of hydrogen-bond acceptors (Lipinski definition) is 2. The van der Waals surface area contributed by atoms with Crippen LogP contribution in [0.15, 0.2) is 40.9 Å². The Morgan fingerprint density at radius 1 is 1.29 bits per heavy atom. The molecular formula is C15H12BrF2NO2. The van der Waals surface area contributed by atoms with Gasteiger partial charge >= 0.3 is 0 Å². The molecule has 0 aromatic heterocycles. The molecule has 0 fully saturated rings. The Balaban J connectivity index is 2.32. The molecule has 0 saturated heterocycles. The smallest absolute Gasteiger partial charge is 0.259 e. The van der Waals surface area contributed by atoms with E-state index in [-0.39, 0.29) is 17.0 Å². The van der Waals surface area contributed by atoms with E-state index in [4.69, 9.17) is 4.74 Å². The maximum Gasteiger partial charge on any atom is 0.259 e. The van der Waals surface area contributed by atoms with Crippen molar-refractivity contribution in [2.24, 2.45) is 0 Å². The molecule has 0 spiro atoms. The van der Waals surface area contributed by atoms with Crippen molar-refractivity contribution in [2.45, 2.75) is 6.92 Å². The Kier molecular flexibility index (Phi) is 4.90. The van der Waals surface area contributed by atoms with Crippen LogP contribution in [0.25, 0.3) is 0 Å². The normalized spacial score (nSPS) is 10.3. The third-order valence-corrected chi connectivity index (χ3v) is 3.34. The summed E-state index contributed by atoms with van der Waals surface area (Å²) in [5.41, 5.74) is 0.155. The van der Waals surface area contributed by atoms with Crippen LogP contribution in [0.3, 0.4) is 0 Å². The van der Waals surface area contributed by atoms with Crippen LogP contribution in [0.2, 0.25) is 0 Å². The number of halogens is 3. The molecule has 2 rings (SSSR count). The number of benzene rings is 2. The third kappa shape index (κ3) is 3.58. The summed E-state index contributed by atoms with van der Waals surface area (Å²) in [6.07, 6.45) is 0. The molecule has 21 heavy (non-hydrogen) atoms. The number of carbonyl (C=O) groups excluding carboxylic acids is 1. The topological polar surface area (TPSA) is 38.3 Å². The van der Waals surface area contributed by atoms with Crippen molar-refractivity contribution >= 4 is 27.5 Å². The lowest BCUT2D eigenvalue weighted by atomic mass is 10.2. The van der Waals surface area contributed by atoms with Crippen LogP contribution < -0.4 is 10.1 Å². The van der Waals surface area contributed by atoms with Gasteiger partial charge in [0.05, 0.1) is 17.9 Å². The number of nitrogens with one attached hydrogen (secondary N) is 1. The van der Waals surface area contributed by atoms with Crippen molar-refractivity contribution in [3.8, 4) is 5.75 Å². The van der Waals surface area contributed by atoms with Crippen molar-refractivity contribution in [2.75, 3.05) is 11.9 Å². The summed E-state index contributed by atoms with van der Waals surface area (Å²) < 4.78 is 32.5. The van der Waals surface area contributed by atoms with Crippen LogP contribution in [0.1, 0.15) is 17.3 Å². The number of amides is 1. The molecule has 2 aromatic rings. The highest BCUT2D eigenvalue weighted by molar-refractivity contribution is 9.10.